The van der Waals surface area contributed by atoms with Crippen molar-refractivity contribution in [2.45, 2.75) is 22.8 Å². The van der Waals surface area contributed by atoms with Crippen LogP contribution in [0.2, 0.25) is 10.0 Å². The first-order valence-electron chi connectivity index (χ1n) is 7.76. The van der Waals surface area contributed by atoms with Gasteiger partial charge in [-0.15, -0.1) is 5.10 Å². The molecule has 0 saturated carbocycles. The first-order valence-corrected chi connectivity index (χ1v) is 9.33. The Hall–Kier alpha value is -2.08. The van der Waals surface area contributed by atoms with Gasteiger partial charge >= 0.3 is 0 Å². The predicted octanol–water partition coefficient (Wildman–Crippen LogP) is 4.86. The summed E-state index contributed by atoms with van der Waals surface area (Å²) in [4.78, 5) is 13.1. The van der Waals surface area contributed by atoms with Gasteiger partial charge in [-0.2, -0.15) is 5.10 Å². The number of halogens is 2. The molecule has 3 aromatic rings. The fourth-order valence-corrected chi connectivity index (χ4v) is 3.71. The smallest absolute Gasteiger partial charge is 0.231 e. The summed E-state index contributed by atoms with van der Waals surface area (Å²) in [5.41, 5.74) is 7.77. The van der Waals surface area contributed by atoms with Gasteiger partial charge < -0.3 is 5.73 Å². The second-order valence-corrected chi connectivity index (χ2v) is 7.65. The minimum atomic E-state index is -0.786. The highest BCUT2D eigenvalue weighted by molar-refractivity contribution is 7.99. The van der Waals surface area contributed by atoms with Crippen LogP contribution in [0.25, 0.3) is 0 Å². The molecule has 1 unspecified atom stereocenters. The minimum absolute atomic E-state index is 0.362. The first kappa shape index (κ1) is 18.7. The number of primary amides is 1. The van der Waals surface area contributed by atoms with E-state index in [0.717, 1.165) is 9.92 Å². The van der Waals surface area contributed by atoms with Crippen molar-refractivity contribution in [3.05, 3.63) is 81.5 Å². The van der Waals surface area contributed by atoms with Crippen LogP contribution in [0.3, 0.4) is 0 Å². The summed E-state index contributed by atoms with van der Waals surface area (Å²) < 4.78 is 0. The van der Waals surface area contributed by atoms with Crippen LogP contribution in [0.4, 0.5) is 0 Å². The van der Waals surface area contributed by atoms with Gasteiger partial charge in [0.1, 0.15) is 10.9 Å². The number of nitrogens with zero attached hydrogens (tertiary/aromatic N) is 2. The lowest BCUT2D eigenvalue weighted by molar-refractivity contribution is -0.118. The Bertz CT molecular complexity index is 931. The van der Waals surface area contributed by atoms with Gasteiger partial charge in [-0.25, -0.2) is 0 Å². The lowest BCUT2D eigenvalue weighted by Gasteiger charge is -2.15. The third-order valence-electron chi connectivity index (χ3n) is 3.76. The molecule has 0 aliphatic heterocycles. The fraction of sp³-hybridized carbons (Fsp3) is 0.105. The zero-order valence-corrected chi connectivity index (χ0v) is 16.1. The Kier molecular flexibility index (Phi) is 5.81. The third kappa shape index (κ3) is 4.36. The molecule has 132 valence electrons. The lowest BCUT2D eigenvalue weighted by Crippen LogP contribution is -2.24. The van der Waals surface area contributed by atoms with E-state index in [0.29, 0.717) is 21.3 Å². The largest absolute Gasteiger partial charge is 0.369 e. The van der Waals surface area contributed by atoms with Crippen LogP contribution in [-0.4, -0.2) is 16.1 Å². The second kappa shape index (κ2) is 8.08. The van der Waals surface area contributed by atoms with Crippen molar-refractivity contribution in [3.63, 3.8) is 0 Å². The zero-order valence-electron chi connectivity index (χ0n) is 13.8. The van der Waals surface area contributed by atoms with Crippen LogP contribution in [0.5, 0.6) is 0 Å². The van der Waals surface area contributed by atoms with Crippen LogP contribution < -0.4 is 5.73 Å². The van der Waals surface area contributed by atoms with Gasteiger partial charge in [0.25, 0.3) is 0 Å². The van der Waals surface area contributed by atoms with Gasteiger partial charge in [0, 0.05) is 14.9 Å². The topological polar surface area (TPSA) is 68.9 Å². The summed E-state index contributed by atoms with van der Waals surface area (Å²) in [7, 11) is 0. The normalized spacial score (nSPS) is 12.0. The molecule has 2 N–H and O–H groups in total. The van der Waals surface area contributed by atoms with E-state index in [1.807, 2.05) is 37.3 Å². The highest BCUT2D eigenvalue weighted by Crippen LogP contribution is 2.32. The molecule has 2 aromatic carbocycles. The molecule has 1 atom stereocenters. The molecule has 0 saturated heterocycles. The predicted molar refractivity (Wildman–Crippen MR) is 105 cm³/mol. The van der Waals surface area contributed by atoms with Crippen LogP contribution in [0.15, 0.2) is 64.5 Å². The van der Waals surface area contributed by atoms with Crippen molar-refractivity contribution in [1.82, 2.24) is 10.2 Å². The van der Waals surface area contributed by atoms with Crippen molar-refractivity contribution >= 4 is 40.9 Å². The molecule has 0 spiro atoms. The monoisotopic (exact) mass is 403 g/mol. The van der Waals surface area contributed by atoms with E-state index >= 15 is 0 Å². The summed E-state index contributed by atoms with van der Waals surface area (Å²) in [5.74, 6) is -1.34. The van der Waals surface area contributed by atoms with Gasteiger partial charge in [0.05, 0.1) is 5.69 Å². The molecule has 3 rings (SSSR count). The van der Waals surface area contributed by atoms with Crippen molar-refractivity contribution in [2.24, 2.45) is 5.73 Å². The maximum Gasteiger partial charge on any atom is 0.231 e. The standard InChI is InChI=1S/C19H15Cl2N3OS/c1-11-2-5-13(6-3-11)26-17-9-8-16(23-24-17)18(19(22)25)14-7-4-12(20)10-15(14)21/h2-10,18H,1H3,(H2,22,25). The molecule has 7 heteroatoms. The molecule has 4 nitrogen and oxygen atoms in total. The van der Waals surface area contributed by atoms with Crippen molar-refractivity contribution in [1.29, 1.82) is 0 Å². The Morgan fingerprint density at radius 2 is 1.77 bits per heavy atom. The maximum absolute atomic E-state index is 12.0. The van der Waals surface area contributed by atoms with Gasteiger partial charge in [-0.1, -0.05) is 58.7 Å². The van der Waals surface area contributed by atoms with E-state index < -0.39 is 11.8 Å². The van der Waals surface area contributed by atoms with Crippen LogP contribution in [0.1, 0.15) is 22.7 Å². The Balaban J connectivity index is 1.87. The van der Waals surface area contributed by atoms with Crippen molar-refractivity contribution in [2.75, 3.05) is 0 Å². The third-order valence-corrected chi connectivity index (χ3v) is 5.26. The van der Waals surface area contributed by atoms with Gasteiger partial charge in [-0.3, -0.25) is 4.79 Å². The SMILES string of the molecule is Cc1ccc(Sc2ccc(C(C(N)=O)c3ccc(Cl)cc3Cl)nn2)cc1. The number of aromatic nitrogens is 2. The number of benzene rings is 2. The molecule has 0 aliphatic rings. The zero-order chi connectivity index (χ0) is 18.7. The summed E-state index contributed by atoms with van der Waals surface area (Å²) in [6.07, 6.45) is 0. The summed E-state index contributed by atoms with van der Waals surface area (Å²) in [5, 5.41) is 9.97. The first-order chi connectivity index (χ1) is 12.4. The van der Waals surface area contributed by atoms with Crippen LogP contribution in [-0.2, 0) is 4.79 Å². The molecule has 0 bridgehead atoms. The average Bonchev–Trinajstić information content (AvgIpc) is 2.60. The maximum atomic E-state index is 12.0. The molecular weight excluding hydrogens is 389 g/mol. The molecule has 0 fully saturated rings. The lowest BCUT2D eigenvalue weighted by atomic mass is 9.95. The molecule has 1 amide bonds. The fourth-order valence-electron chi connectivity index (χ4n) is 2.46. The number of carbonyl (C=O) groups is 1. The Labute approximate surface area is 165 Å². The van der Waals surface area contributed by atoms with E-state index in [2.05, 4.69) is 10.2 Å². The Morgan fingerprint density at radius 3 is 2.35 bits per heavy atom. The molecule has 26 heavy (non-hydrogen) atoms. The molecule has 1 aromatic heterocycles. The van der Waals surface area contributed by atoms with E-state index in [9.17, 15) is 4.79 Å². The van der Waals surface area contributed by atoms with Crippen LogP contribution in [0, 0.1) is 6.92 Å². The van der Waals surface area contributed by atoms with E-state index in [-0.39, 0.29) is 0 Å². The van der Waals surface area contributed by atoms with Gasteiger partial charge in [0.2, 0.25) is 5.91 Å². The van der Waals surface area contributed by atoms with E-state index in [1.54, 1.807) is 24.3 Å². The number of nitrogens with two attached hydrogens (primary N) is 1. The number of rotatable bonds is 5. The minimum Gasteiger partial charge on any atom is -0.369 e. The van der Waals surface area contributed by atoms with E-state index in [1.165, 1.54) is 17.3 Å². The van der Waals surface area contributed by atoms with E-state index in [4.69, 9.17) is 28.9 Å². The number of carbonyl (C=O) groups excluding carboxylic acids is 1. The number of hydrogen-bond acceptors (Lipinski definition) is 4. The number of amides is 1. The molecule has 0 aliphatic carbocycles. The van der Waals surface area contributed by atoms with Crippen LogP contribution >= 0.6 is 35.0 Å². The van der Waals surface area contributed by atoms with Crippen molar-refractivity contribution < 1.29 is 4.79 Å². The van der Waals surface area contributed by atoms with Crippen molar-refractivity contribution in [3.8, 4) is 0 Å². The molecule has 1 heterocycles. The second-order valence-electron chi connectivity index (χ2n) is 5.71. The van der Waals surface area contributed by atoms with Gasteiger partial charge in [-0.05, 0) is 48.9 Å². The highest BCUT2D eigenvalue weighted by Gasteiger charge is 2.24. The average molecular weight is 404 g/mol. The number of aryl methyl sites for hydroxylation is 1. The number of hydrogen-bond donors (Lipinski definition) is 1. The highest BCUT2D eigenvalue weighted by atomic mass is 35.5. The van der Waals surface area contributed by atoms with Gasteiger partial charge in [0.15, 0.2) is 0 Å². The molecular formula is C19H15Cl2N3OS. The summed E-state index contributed by atoms with van der Waals surface area (Å²) >= 11 is 13.6. The summed E-state index contributed by atoms with van der Waals surface area (Å²) in [6, 6.07) is 16.6. The molecule has 0 radical (unpaired) electrons. The Morgan fingerprint density at radius 1 is 1.04 bits per heavy atom. The summed E-state index contributed by atoms with van der Waals surface area (Å²) in [6.45, 7) is 2.04. The quantitative estimate of drug-likeness (QED) is 0.660.